The van der Waals surface area contributed by atoms with Gasteiger partial charge >= 0.3 is 0 Å². The van der Waals surface area contributed by atoms with Crippen LogP contribution in [0.3, 0.4) is 0 Å². The summed E-state index contributed by atoms with van der Waals surface area (Å²) >= 11 is 0. The van der Waals surface area contributed by atoms with Gasteiger partial charge in [-0.3, -0.25) is 0 Å². The number of hydrogen-bond donors (Lipinski definition) is 0. The average Bonchev–Trinajstić information content (AvgIpc) is 2.45. The molecule has 0 saturated carbocycles. The maximum Gasteiger partial charge on any atom is 0.199 e. The Balaban J connectivity index is 2.58. The van der Waals surface area contributed by atoms with Gasteiger partial charge in [0.1, 0.15) is 17.4 Å². The highest BCUT2D eigenvalue weighted by molar-refractivity contribution is 5.74. The molecule has 20 heavy (non-hydrogen) atoms. The summed E-state index contributed by atoms with van der Waals surface area (Å²) in [5.74, 6) is 0.0397. The van der Waals surface area contributed by atoms with E-state index in [4.69, 9.17) is 14.2 Å². The van der Waals surface area contributed by atoms with Crippen molar-refractivity contribution < 1.29 is 23.0 Å². The molecule has 107 valence electrons. The van der Waals surface area contributed by atoms with Crippen LogP contribution in [-0.4, -0.2) is 21.3 Å². The molecule has 3 nitrogen and oxygen atoms in total. The summed E-state index contributed by atoms with van der Waals surface area (Å²) in [5, 5.41) is 0. The molecule has 0 N–H and O–H groups in total. The molecule has 1 aliphatic rings. The zero-order valence-corrected chi connectivity index (χ0v) is 11.5. The topological polar surface area (TPSA) is 27.7 Å². The van der Waals surface area contributed by atoms with Gasteiger partial charge in [0.05, 0.1) is 21.3 Å². The number of halogens is 2. The monoisotopic (exact) mass is 281 g/mol. The molecule has 1 radical (unpaired) electrons. The largest absolute Gasteiger partial charge is 0.497 e. The van der Waals surface area contributed by atoms with Crippen molar-refractivity contribution in [3.8, 4) is 0 Å². The van der Waals surface area contributed by atoms with Crippen molar-refractivity contribution in [1.29, 1.82) is 0 Å². The summed E-state index contributed by atoms with van der Waals surface area (Å²) in [4.78, 5) is 0. The lowest BCUT2D eigenvalue weighted by Gasteiger charge is -2.23. The van der Waals surface area contributed by atoms with E-state index >= 15 is 0 Å². The van der Waals surface area contributed by atoms with Gasteiger partial charge in [-0.25, -0.2) is 8.78 Å². The minimum atomic E-state index is -0.640. The summed E-state index contributed by atoms with van der Waals surface area (Å²) in [6.45, 7) is 0. The molecule has 2 rings (SSSR count). The van der Waals surface area contributed by atoms with E-state index in [1.165, 1.54) is 33.5 Å². The minimum absolute atomic E-state index is 0.282. The van der Waals surface area contributed by atoms with Crippen molar-refractivity contribution in [2.75, 3.05) is 21.3 Å². The maximum atomic E-state index is 13.9. The third-order valence-corrected chi connectivity index (χ3v) is 3.08. The Morgan fingerprint density at radius 3 is 2.20 bits per heavy atom. The number of rotatable bonds is 4. The van der Waals surface area contributed by atoms with Crippen LogP contribution in [0.25, 0.3) is 5.57 Å². The van der Waals surface area contributed by atoms with Gasteiger partial charge in [0.2, 0.25) is 0 Å². The summed E-state index contributed by atoms with van der Waals surface area (Å²) in [6, 6.07) is 3.44. The second-order valence-electron chi connectivity index (χ2n) is 4.15. The summed E-state index contributed by atoms with van der Waals surface area (Å²) in [7, 11) is 4.46. The number of hydrogen-bond acceptors (Lipinski definition) is 3. The first-order chi connectivity index (χ1) is 9.62. The second kappa shape index (κ2) is 5.94. The molecule has 0 fully saturated rings. The smallest absolute Gasteiger partial charge is 0.199 e. The third-order valence-electron chi connectivity index (χ3n) is 3.08. The number of benzene rings is 1. The molecule has 1 aromatic rings. The fourth-order valence-corrected chi connectivity index (χ4v) is 2.18. The van der Waals surface area contributed by atoms with Crippen LogP contribution in [0.2, 0.25) is 0 Å². The fourth-order valence-electron chi connectivity index (χ4n) is 2.18. The predicted octanol–water partition coefficient (Wildman–Crippen LogP) is 3.43. The highest BCUT2D eigenvalue weighted by atomic mass is 19.1. The van der Waals surface area contributed by atoms with Crippen molar-refractivity contribution in [3.63, 3.8) is 0 Å². The first kappa shape index (κ1) is 14.4. The maximum absolute atomic E-state index is 13.9. The molecule has 0 atom stereocenters. The summed E-state index contributed by atoms with van der Waals surface area (Å²) in [6.07, 6.45) is 2.17. The Kier molecular flexibility index (Phi) is 4.27. The van der Waals surface area contributed by atoms with Gasteiger partial charge in [0, 0.05) is 23.6 Å². The summed E-state index contributed by atoms with van der Waals surface area (Å²) in [5.41, 5.74) is 0.867. The van der Waals surface area contributed by atoms with Gasteiger partial charge in [0.25, 0.3) is 0 Å². The standard InChI is InChI=1S/C15H15F2O3/c1-18-13-7-6-11(14(19-2)15(13)20-3)10-5-4-9(16)8-12(10)17/h4-5,7-8H,6H2,1-3H3. The zero-order valence-electron chi connectivity index (χ0n) is 11.5. The van der Waals surface area contributed by atoms with E-state index in [2.05, 4.69) is 0 Å². The van der Waals surface area contributed by atoms with Crippen molar-refractivity contribution in [2.45, 2.75) is 6.42 Å². The van der Waals surface area contributed by atoms with Gasteiger partial charge in [0.15, 0.2) is 11.5 Å². The number of allylic oxidation sites excluding steroid dienone is 2. The lowest BCUT2D eigenvalue weighted by Crippen LogP contribution is -2.11. The van der Waals surface area contributed by atoms with Gasteiger partial charge in [-0.2, -0.15) is 0 Å². The molecule has 0 saturated heterocycles. The van der Waals surface area contributed by atoms with Crippen LogP contribution in [0.4, 0.5) is 8.78 Å². The van der Waals surface area contributed by atoms with Crippen LogP contribution in [0.1, 0.15) is 12.0 Å². The van der Waals surface area contributed by atoms with Crippen molar-refractivity contribution in [1.82, 2.24) is 0 Å². The molecule has 0 aromatic heterocycles. The van der Waals surface area contributed by atoms with Crippen LogP contribution in [-0.2, 0) is 14.2 Å². The predicted molar refractivity (Wildman–Crippen MR) is 70.2 cm³/mol. The quantitative estimate of drug-likeness (QED) is 0.846. The normalized spacial score (nSPS) is 15.4. The summed E-state index contributed by atoms with van der Waals surface area (Å²) < 4.78 is 42.7. The van der Waals surface area contributed by atoms with Gasteiger partial charge < -0.3 is 14.2 Å². The van der Waals surface area contributed by atoms with Crippen LogP contribution in [0, 0.1) is 18.1 Å². The molecular formula is C15H15F2O3. The molecular weight excluding hydrogens is 266 g/mol. The number of ether oxygens (including phenoxy) is 3. The van der Waals surface area contributed by atoms with E-state index in [1.54, 1.807) is 6.42 Å². The van der Waals surface area contributed by atoms with Gasteiger partial charge in [-0.1, -0.05) is 0 Å². The molecule has 1 aromatic carbocycles. The van der Waals surface area contributed by atoms with Gasteiger partial charge in [-0.15, -0.1) is 0 Å². The molecule has 0 heterocycles. The van der Waals surface area contributed by atoms with E-state index in [0.717, 1.165) is 6.07 Å². The first-order valence-corrected chi connectivity index (χ1v) is 6.00. The molecule has 0 amide bonds. The molecule has 1 aliphatic carbocycles. The Hall–Kier alpha value is -2.04. The lowest BCUT2D eigenvalue weighted by atomic mass is 9.93. The Morgan fingerprint density at radius 1 is 0.950 bits per heavy atom. The van der Waals surface area contributed by atoms with Crippen LogP contribution < -0.4 is 0 Å². The molecule has 0 spiro atoms. The van der Waals surface area contributed by atoms with Crippen molar-refractivity contribution >= 4 is 5.57 Å². The minimum Gasteiger partial charge on any atom is -0.497 e. The molecule has 0 aliphatic heterocycles. The Morgan fingerprint density at radius 2 is 1.65 bits per heavy atom. The Bertz CT molecular complexity index is 576. The van der Waals surface area contributed by atoms with E-state index in [1.807, 2.05) is 0 Å². The lowest BCUT2D eigenvalue weighted by molar-refractivity contribution is 0.185. The van der Waals surface area contributed by atoms with Gasteiger partial charge in [-0.05, 0) is 18.6 Å². The first-order valence-electron chi connectivity index (χ1n) is 6.00. The average molecular weight is 281 g/mol. The molecule has 0 bridgehead atoms. The van der Waals surface area contributed by atoms with E-state index in [-0.39, 0.29) is 5.56 Å². The second-order valence-corrected chi connectivity index (χ2v) is 4.15. The third kappa shape index (κ3) is 2.48. The van der Waals surface area contributed by atoms with E-state index in [9.17, 15) is 8.78 Å². The van der Waals surface area contributed by atoms with Crippen LogP contribution >= 0.6 is 0 Å². The molecule has 0 unspecified atom stereocenters. The fraction of sp³-hybridized carbons (Fsp3) is 0.267. The van der Waals surface area contributed by atoms with E-state index < -0.39 is 11.6 Å². The highest BCUT2D eigenvalue weighted by Crippen LogP contribution is 2.37. The zero-order chi connectivity index (χ0) is 14.7. The van der Waals surface area contributed by atoms with Crippen LogP contribution in [0.5, 0.6) is 0 Å². The molecule has 5 heteroatoms. The Labute approximate surface area is 116 Å². The number of methoxy groups -OCH3 is 3. The van der Waals surface area contributed by atoms with Crippen molar-refractivity contribution in [3.05, 3.63) is 59.1 Å². The highest BCUT2D eigenvalue weighted by Gasteiger charge is 2.27. The van der Waals surface area contributed by atoms with Crippen molar-refractivity contribution in [2.24, 2.45) is 0 Å². The van der Waals surface area contributed by atoms with Crippen LogP contribution in [0.15, 0.2) is 35.5 Å². The SMILES string of the molecule is COC1=C(OC)C(OC)=C(c2ccc(F)cc2F)C[CH]1. The van der Waals surface area contributed by atoms with E-state index in [0.29, 0.717) is 29.3 Å².